The lowest BCUT2D eigenvalue weighted by molar-refractivity contribution is 0.0954. The van der Waals surface area contributed by atoms with Gasteiger partial charge in [0.05, 0.1) is 16.3 Å². The number of hydrogen-bond acceptors (Lipinski definition) is 7. The van der Waals surface area contributed by atoms with Crippen LogP contribution in [0.4, 0.5) is 11.4 Å². The predicted molar refractivity (Wildman–Crippen MR) is 171 cm³/mol. The second-order valence-electron chi connectivity index (χ2n) is 11.7. The molecule has 10 nitrogen and oxygen atoms in total. The molecular weight excluding hydrogens is 592 g/mol. The number of carbonyl (C=O) groups excluding carboxylic acids is 1. The van der Waals surface area contributed by atoms with Gasteiger partial charge in [-0.15, -0.1) is 0 Å². The molecular formula is C34H34N4O6S. The molecule has 1 amide bonds. The fourth-order valence-electron chi connectivity index (χ4n) is 6.59. The number of ether oxygens (including phenoxy) is 2. The Morgan fingerprint density at radius 3 is 2.53 bits per heavy atom. The lowest BCUT2D eigenvalue weighted by Crippen LogP contribution is -2.47. The second kappa shape index (κ2) is 12.0. The Morgan fingerprint density at radius 1 is 0.867 bits per heavy atom. The monoisotopic (exact) mass is 626 g/mol. The van der Waals surface area contributed by atoms with Crippen LogP contribution in [0.1, 0.15) is 34.0 Å². The van der Waals surface area contributed by atoms with E-state index >= 15 is 0 Å². The van der Waals surface area contributed by atoms with Crippen molar-refractivity contribution in [2.45, 2.75) is 30.2 Å². The summed E-state index contributed by atoms with van der Waals surface area (Å²) in [5.74, 6) is 0.915. The van der Waals surface area contributed by atoms with Crippen molar-refractivity contribution >= 4 is 27.3 Å². The summed E-state index contributed by atoms with van der Waals surface area (Å²) in [5, 5.41) is 2.96. The molecule has 0 aliphatic carbocycles. The largest absolute Gasteiger partial charge is 0.486 e. The summed E-state index contributed by atoms with van der Waals surface area (Å²) in [7, 11) is -4.07. The molecule has 3 aliphatic rings. The normalized spacial score (nSPS) is 18.5. The van der Waals surface area contributed by atoms with Crippen LogP contribution in [-0.2, 0) is 23.0 Å². The van der Waals surface area contributed by atoms with Gasteiger partial charge in [0.25, 0.3) is 21.5 Å². The summed E-state index contributed by atoms with van der Waals surface area (Å²) in [6.45, 7) is 3.05. The first kappa shape index (κ1) is 29.0. The number of hydrogen-bond donors (Lipinski definition) is 2. The van der Waals surface area contributed by atoms with Gasteiger partial charge in [-0.1, -0.05) is 36.4 Å². The maximum atomic E-state index is 13.8. The van der Waals surface area contributed by atoms with Gasteiger partial charge in [-0.25, -0.2) is 8.42 Å². The van der Waals surface area contributed by atoms with Gasteiger partial charge in [-0.3, -0.25) is 14.3 Å². The molecule has 2 atom stereocenters. The Bertz CT molecular complexity index is 1910. The molecule has 2 unspecified atom stereocenters. The first-order valence-electron chi connectivity index (χ1n) is 15.2. The number of anilines is 2. The Balaban J connectivity index is 1.19. The van der Waals surface area contributed by atoms with Crippen LogP contribution in [-0.4, -0.2) is 51.7 Å². The molecule has 45 heavy (non-hydrogen) atoms. The van der Waals surface area contributed by atoms with E-state index in [2.05, 4.69) is 14.9 Å². The van der Waals surface area contributed by atoms with E-state index in [9.17, 15) is 18.0 Å². The zero-order chi connectivity index (χ0) is 31.0. The highest BCUT2D eigenvalue weighted by atomic mass is 32.2. The summed E-state index contributed by atoms with van der Waals surface area (Å²) in [6, 6.07) is 25.0. The molecule has 3 aromatic carbocycles. The third-order valence-corrected chi connectivity index (χ3v) is 10.1. The van der Waals surface area contributed by atoms with E-state index in [4.69, 9.17) is 9.47 Å². The number of benzene rings is 3. The maximum absolute atomic E-state index is 13.8. The van der Waals surface area contributed by atoms with Crippen molar-refractivity contribution < 1.29 is 22.7 Å². The lowest BCUT2D eigenvalue weighted by Gasteiger charge is -2.44. The fraction of sp³-hybridized carbons (Fsp3) is 0.294. The number of amides is 1. The highest BCUT2D eigenvalue weighted by Crippen LogP contribution is 2.40. The predicted octanol–water partition coefficient (Wildman–Crippen LogP) is 4.02. The van der Waals surface area contributed by atoms with Gasteiger partial charge < -0.3 is 24.3 Å². The molecule has 4 aromatic rings. The van der Waals surface area contributed by atoms with Gasteiger partial charge >= 0.3 is 0 Å². The molecule has 0 radical (unpaired) electrons. The summed E-state index contributed by atoms with van der Waals surface area (Å²) in [6.07, 6.45) is 1.63. The number of aromatic nitrogens is 1. The van der Waals surface area contributed by atoms with Crippen LogP contribution in [0.15, 0.2) is 94.6 Å². The Hall–Kier alpha value is -4.77. The van der Waals surface area contributed by atoms with Crippen LogP contribution in [0.25, 0.3) is 0 Å². The zero-order valence-corrected chi connectivity index (χ0v) is 25.5. The summed E-state index contributed by atoms with van der Waals surface area (Å²) in [5.41, 5.74) is 3.45. The smallest absolute Gasteiger partial charge is 0.262 e. The van der Waals surface area contributed by atoms with Gasteiger partial charge in [0, 0.05) is 55.5 Å². The quantitative estimate of drug-likeness (QED) is 0.303. The third-order valence-electron chi connectivity index (χ3n) is 8.69. The van der Waals surface area contributed by atoms with E-state index in [0.29, 0.717) is 74.3 Å². The average molecular weight is 627 g/mol. The van der Waals surface area contributed by atoms with Crippen molar-refractivity contribution in [3.05, 3.63) is 112 Å². The SMILES string of the molecule is O=C(NCCc1ccccc1)c1ccc(N2CC3CC(C2)c2cccc(=O)n2C3)c(NS(=O)(=O)c2ccc3c(c2)OCCO3)c1. The number of piperidine rings is 1. The van der Waals surface area contributed by atoms with Crippen molar-refractivity contribution in [3.8, 4) is 11.5 Å². The van der Waals surface area contributed by atoms with Gasteiger partial charge in [0.1, 0.15) is 13.2 Å². The van der Waals surface area contributed by atoms with Crippen LogP contribution in [0.2, 0.25) is 0 Å². The molecule has 1 fully saturated rings. The molecule has 11 heteroatoms. The van der Waals surface area contributed by atoms with Crippen molar-refractivity contribution in [1.82, 2.24) is 9.88 Å². The molecule has 2 N–H and O–H groups in total. The molecule has 2 bridgehead atoms. The molecule has 3 aliphatic heterocycles. The standard InChI is InChI=1S/C34H34N4O6S/c39-33-8-4-7-29-26-17-24(21-38(29)33)20-37(22-26)30-11-9-25(34(40)35-14-13-23-5-2-1-3-6-23)18-28(30)36-45(41,42)27-10-12-31-32(19-27)44-16-15-43-31/h1-12,18-19,24,26,36H,13-17,20-22H2,(H,35,40). The van der Waals surface area contributed by atoms with Crippen molar-refractivity contribution in [2.24, 2.45) is 5.92 Å². The number of carbonyl (C=O) groups is 1. The zero-order valence-electron chi connectivity index (χ0n) is 24.6. The number of fused-ring (bicyclic) bond motifs is 5. The molecule has 232 valence electrons. The van der Waals surface area contributed by atoms with E-state index < -0.39 is 10.0 Å². The van der Waals surface area contributed by atoms with Gasteiger partial charge in [-0.05, 0) is 60.7 Å². The van der Waals surface area contributed by atoms with Gasteiger partial charge in [-0.2, -0.15) is 0 Å². The number of nitrogens with one attached hydrogen (secondary N) is 2. The van der Waals surface area contributed by atoms with Crippen LogP contribution >= 0.6 is 0 Å². The van der Waals surface area contributed by atoms with Gasteiger partial charge in [0.2, 0.25) is 0 Å². The number of nitrogens with zero attached hydrogens (tertiary/aromatic N) is 2. The Labute approximate surface area is 261 Å². The van der Waals surface area contributed by atoms with E-state index in [-0.39, 0.29) is 28.2 Å². The van der Waals surface area contributed by atoms with Crippen LogP contribution in [0, 0.1) is 5.92 Å². The minimum atomic E-state index is -4.07. The van der Waals surface area contributed by atoms with Crippen molar-refractivity contribution in [2.75, 3.05) is 42.5 Å². The first-order valence-corrected chi connectivity index (χ1v) is 16.7. The fourth-order valence-corrected chi connectivity index (χ4v) is 7.67. The molecule has 1 aromatic heterocycles. The van der Waals surface area contributed by atoms with Crippen LogP contribution in [0.5, 0.6) is 11.5 Å². The molecule has 0 spiro atoms. The third kappa shape index (κ3) is 6.00. The molecule has 4 heterocycles. The number of rotatable bonds is 8. The maximum Gasteiger partial charge on any atom is 0.262 e. The van der Waals surface area contributed by atoms with E-state index in [1.54, 1.807) is 30.3 Å². The van der Waals surface area contributed by atoms with Crippen LogP contribution < -0.4 is 30.0 Å². The van der Waals surface area contributed by atoms with Gasteiger partial charge in [0.15, 0.2) is 11.5 Å². The summed E-state index contributed by atoms with van der Waals surface area (Å²) < 4.78 is 43.4. The van der Waals surface area contributed by atoms with E-state index in [0.717, 1.165) is 17.7 Å². The van der Waals surface area contributed by atoms with Crippen LogP contribution in [0.3, 0.4) is 0 Å². The lowest BCUT2D eigenvalue weighted by atomic mass is 9.83. The number of pyridine rings is 1. The van der Waals surface area contributed by atoms with Crippen molar-refractivity contribution in [3.63, 3.8) is 0 Å². The second-order valence-corrected chi connectivity index (χ2v) is 13.4. The first-order chi connectivity index (χ1) is 21.8. The topological polar surface area (TPSA) is 119 Å². The number of sulfonamides is 1. The average Bonchev–Trinajstić information content (AvgIpc) is 3.05. The minimum absolute atomic E-state index is 0.00570. The van der Waals surface area contributed by atoms with E-state index in [1.165, 1.54) is 12.1 Å². The Kier molecular flexibility index (Phi) is 7.70. The molecule has 1 saturated heterocycles. The highest BCUT2D eigenvalue weighted by molar-refractivity contribution is 7.92. The van der Waals surface area contributed by atoms with Crippen molar-refractivity contribution in [1.29, 1.82) is 0 Å². The summed E-state index contributed by atoms with van der Waals surface area (Å²) in [4.78, 5) is 28.0. The Morgan fingerprint density at radius 2 is 1.69 bits per heavy atom. The summed E-state index contributed by atoms with van der Waals surface area (Å²) >= 11 is 0. The highest BCUT2D eigenvalue weighted by Gasteiger charge is 2.35. The minimum Gasteiger partial charge on any atom is -0.486 e. The molecule has 0 saturated carbocycles. The molecule has 7 rings (SSSR count). The van der Waals surface area contributed by atoms with E-state index in [1.807, 2.05) is 47.0 Å².